The van der Waals surface area contributed by atoms with E-state index in [2.05, 4.69) is 34.0 Å². The minimum Gasteiger partial charge on any atom is -0.361 e. The second-order valence-electron chi connectivity index (χ2n) is 4.44. The van der Waals surface area contributed by atoms with Gasteiger partial charge in [0, 0.05) is 24.5 Å². The molecule has 0 bridgehead atoms. The topological polar surface area (TPSA) is 41.0 Å². The Labute approximate surface area is 95.7 Å². The van der Waals surface area contributed by atoms with Gasteiger partial charge in [-0.25, -0.2) is 9.97 Å². The van der Waals surface area contributed by atoms with E-state index >= 15 is 0 Å². The van der Waals surface area contributed by atoms with Crippen molar-refractivity contribution in [2.75, 3.05) is 26.0 Å². The molecular formula is C10H17ClN4. The average molecular weight is 229 g/mol. The Kier molecular flexibility index (Phi) is 3.88. The van der Waals surface area contributed by atoms with Crippen molar-refractivity contribution < 1.29 is 0 Å². The second-order valence-corrected chi connectivity index (χ2v) is 4.80. The first-order valence-corrected chi connectivity index (χ1v) is 5.18. The maximum Gasteiger partial charge on any atom is 0.171 e. The van der Waals surface area contributed by atoms with Gasteiger partial charge in [0.2, 0.25) is 0 Å². The minimum atomic E-state index is -0.0941. The number of nitrogens with zero attached hydrogens (tertiary/aromatic N) is 3. The Morgan fingerprint density at radius 3 is 2.47 bits per heavy atom. The van der Waals surface area contributed by atoms with Gasteiger partial charge in [-0.2, -0.15) is 0 Å². The van der Waals surface area contributed by atoms with Crippen LogP contribution in [0.25, 0.3) is 0 Å². The van der Waals surface area contributed by atoms with E-state index in [0.29, 0.717) is 11.0 Å². The Hall–Kier alpha value is -0.870. The fraction of sp³-hybridized carbons (Fsp3) is 0.600. The standard InChI is InChI=1S/C10H17ClN4/c1-10(2,7-15(3)4)14-9-8(11)12-5-6-13-9/h5-6H,7H2,1-4H3,(H,13,14). The summed E-state index contributed by atoms with van der Waals surface area (Å²) in [6, 6.07) is 0. The molecule has 1 N–H and O–H groups in total. The molecule has 84 valence electrons. The van der Waals surface area contributed by atoms with Crippen LogP contribution in [0.1, 0.15) is 13.8 Å². The van der Waals surface area contributed by atoms with Crippen LogP contribution in [0.2, 0.25) is 5.15 Å². The van der Waals surface area contributed by atoms with Crippen LogP contribution in [-0.2, 0) is 0 Å². The fourth-order valence-electron chi connectivity index (χ4n) is 1.56. The van der Waals surface area contributed by atoms with Gasteiger partial charge in [0.05, 0.1) is 0 Å². The lowest BCUT2D eigenvalue weighted by Gasteiger charge is -2.30. The molecule has 4 nitrogen and oxygen atoms in total. The Balaban J connectivity index is 2.73. The zero-order valence-electron chi connectivity index (χ0n) is 9.58. The first-order valence-electron chi connectivity index (χ1n) is 4.80. The molecule has 0 atom stereocenters. The number of hydrogen-bond donors (Lipinski definition) is 1. The maximum absolute atomic E-state index is 5.92. The zero-order chi connectivity index (χ0) is 11.5. The van der Waals surface area contributed by atoms with Crippen molar-refractivity contribution in [1.82, 2.24) is 14.9 Å². The van der Waals surface area contributed by atoms with Gasteiger partial charge in [-0.15, -0.1) is 0 Å². The van der Waals surface area contributed by atoms with Crippen molar-refractivity contribution in [2.45, 2.75) is 19.4 Å². The van der Waals surface area contributed by atoms with E-state index in [1.165, 1.54) is 0 Å². The van der Waals surface area contributed by atoms with Crippen LogP contribution in [0.4, 0.5) is 5.82 Å². The number of nitrogens with one attached hydrogen (secondary N) is 1. The summed E-state index contributed by atoms with van der Waals surface area (Å²) in [5.74, 6) is 0.631. The van der Waals surface area contributed by atoms with Gasteiger partial charge >= 0.3 is 0 Å². The molecule has 0 aliphatic heterocycles. The van der Waals surface area contributed by atoms with Crippen molar-refractivity contribution in [3.63, 3.8) is 0 Å². The summed E-state index contributed by atoms with van der Waals surface area (Å²) in [7, 11) is 4.06. The van der Waals surface area contributed by atoms with E-state index < -0.39 is 0 Å². The molecular weight excluding hydrogens is 212 g/mol. The lowest BCUT2D eigenvalue weighted by atomic mass is 10.1. The SMILES string of the molecule is CN(C)CC(C)(C)Nc1nccnc1Cl. The number of rotatable bonds is 4. The van der Waals surface area contributed by atoms with Crippen LogP contribution in [-0.4, -0.2) is 41.0 Å². The van der Waals surface area contributed by atoms with Gasteiger partial charge < -0.3 is 10.2 Å². The predicted molar refractivity (Wildman–Crippen MR) is 63.3 cm³/mol. The van der Waals surface area contributed by atoms with Crippen LogP contribution in [0.3, 0.4) is 0 Å². The van der Waals surface area contributed by atoms with Crippen molar-refractivity contribution in [3.05, 3.63) is 17.5 Å². The van der Waals surface area contributed by atoms with Crippen molar-refractivity contribution >= 4 is 17.4 Å². The number of hydrogen-bond acceptors (Lipinski definition) is 4. The lowest BCUT2D eigenvalue weighted by molar-refractivity contribution is 0.333. The van der Waals surface area contributed by atoms with Crippen molar-refractivity contribution in [1.29, 1.82) is 0 Å². The van der Waals surface area contributed by atoms with E-state index in [-0.39, 0.29) is 5.54 Å². The highest BCUT2D eigenvalue weighted by atomic mass is 35.5. The number of halogens is 1. The molecule has 0 amide bonds. The van der Waals surface area contributed by atoms with Crippen LogP contribution < -0.4 is 5.32 Å². The average Bonchev–Trinajstić information content (AvgIpc) is 2.06. The summed E-state index contributed by atoms with van der Waals surface area (Å²) in [5, 5.41) is 3.68. The van der Waals surface area contributed by atoms with E-state index in [0.717, 1.165) is 6.54 Å². The molecule has 0 fully saturated rings. The fourth-order valence-corrected chi connectivity index (χ4v) is 1.71. The number of likely N-dealkylation sites (N-methyl/N-ethyl adjacent to an activating group) is 1. The smallest absolute Gasteiger partial charge is 0.171 e. The highest BCUT2D eigenvalue weighted by molar-refractivity contribution is 6.31. The van der Waals surface area contributed by atoms with Gasteiger partial charge in [-0.05, 0) is 27.9 Å². The summed E-state index contributed by atoms with van der Waals surface area (Å²) < 4.78 is 0. The van der Waals surface area contributed by atoms with E-state index in [1.54, 1.807) is 12.4 Å². The zero-order valence-corrected chi connectivity index (χ0v) is 10.3. The van der Waals surface area contributed by atoms with Crippen LogP contribution in [0, 0.1) is 0 Å². The molecule has 0 aliphatic rings. The predicted octanol–water partition coefficient (Wildman–Crippen LogP) is 1.88. The third-order valence-electron chi connectivity index (χ3n) is 1.82. The van der Waals surface area contributed by atoms with Gasteiger partial charge in [-0.1, -0.05) is 11.6 Å². The molecule has 1 aromatic heterocycles. The third kappa shape index (κ3) is 4.01. The maximum atomic E-state index is 5.92. The first kappa shape index (κ1) is 12.2. The number of anilines is 1. The van der Waals surface area contributed by atoms with E-state index in [9.17, 15) is 0 Å². The summed E-state index contributed by atoms with van der Waals surface area (Å²) in [6.07, 6.45) is 3.20. The quantitative estimate of drug-likeness (QED) is 0.855. The molecule has 0 aromatic carbocycles. The number of aromatic nitrogens is 2. The molecule has 1 aromatic rings. The largest absolute Gasteiger partial charge is 0.361 e. The Bertz CT molecular complexity index is 325. The van der Waals surface area contributed by atoms with E-state index in [1.807, 2.05) is 14.1 Å². The van der Waals surface area contributed by atoms with Crippen molar-refractivity contribution in [2.24, 2.45) is 0 Å². The molecule has 5 heteroatoms. The molecule has 0 unspecified atom stereocenters. The van der Waals surface area contributed by atoms with Gasteiger partial charge in [-0.3, -0.25) is 0 Å². The normalized spacial score (nSPS) is 11.9. The molecule has 0 radical (unpaired) electrons. The second kappa shape index (κ2) is 4.77. The monoisotopic (exact) mass is 228 g/mol. The lowest BCUT2D eigenvalue weighted by Crippen LogP contribution is -2.41. The van der Waals surface area contributed by atoms with E-state index in [4.69, 9.17) is 11.6 Å². The highest BCUT2D eigenvalue weighted by Gasteiger charge is 2.20. The molecule has 0 saturated heterocycles. The van der Waals surface area contributed by atoms with Crippen LogP contribution in [0.5, 0.6) is 0 Å². The molecule has 1 heterocycles. The first-order chi connectivity index (χ1) is 6.91. The Morgan fingerprint density at radius 2 is 1.93 bits per heavy atom. The summed E-state index contributed by atoms with van der Waals surface area (Å²) >= 11 is 5.92. The summed E-state index contributed by atoms with van der Waals surface area (Å²) in [4.78, 5) is 10.2. The van der Waals surface area contributed by atoms with Gasteiger partial charge in [0.15, 0.2) is 11.0 Å². The molecule has 15 heavy (non-hydrogen) atoms. The molecule has 1 rings (SSSR count). The third-order valence-corrected chi connectivity index (χ3v) is 2.10. The van der Waals surface area contributed by atoms with Crippen LogP contribution >= 0.6 is 11.6 Å². The highest BCUT2D eigenvalue weighted by Crippen LogP contribution is 2.19. The van der Waals surface area contributed by atoms with Crippen LogP contribution in [0.15, 0.2) is 12.4 Å². The molecule has 0 aliphatic carbocycles. The Morgan fingerprint density at radius 1 is 1.33 bits per heavy atom. The van der Waals surface area contributed by atoms with Gasteiger partial charge in [0.1, 0.15) is 0 Å². The van der Waals surface area contributed by atoms with Crippen molar-refractivity contribution in [3.8, 4) is 0 Å². The molecule has 0 saturated carbocycles. The summed E-state index contributed by atoms with van der Waals surface area (Å²) in [5.41, 5.74) is -0.0941. The summed E-state index contributed by atoms with van der Waals surface area (Å²) in [6.45, 7) is 5.08. The molecule has 0 spiro atoms. The minimum absolute atomic E-state index is 0.0941. The van der Waals surface area contributed by atoms with Gasteiger partial charge in [0.25, 0.3) is 0 Å².